The zero-order valence-electron chi connectivity index (χ0n) is 12.3. The van der Waals surface area contributed by atoms with E-state index in [0.29, 0.717) is 26.2 Å². The summed E-state index contributed by atoms with van der Waals surface area (Å²) in [6, 6.07) is 6.02. The molecule has 0 atom stereocenters. The van der Waals surface area contributed by atoms with Crippen molar-refractivity contribution in [1.82, 2.24) is 9.80 Å². The lowest BCUT2D eigenvalue weighted by Gasteiger charge is -2.34. The summed E-state index contributed by atoms with van der Waals surface area (Å²) in [5, 5.41) is 0. The monoisotopic (exact) mass is 306 g/mol. The predicted octanol–water partition coefficient (Wildman–Crippen LogP) is 1.29. The van der Waals surface area contributed by atoms with Gasteiger partial charge in [-0.1, -0.05) is 12.1 Å². The molecule has 1 heterocycles. The summed E-state index contributed by atoms with van der Waals surface area (Å²) in [4.78, 5) is 27.5. The summed E-state index contributed by atoms with van der Waals surface area (Å²) < 4.78 is 18.6. The van der Waals surface area contributed by atoms with Crippen LogP contribution in [-0.4, -0.2) is 54.4 Å². The average molecular weight is 306 g/mol. The Morgan fingerprint density at radius 2 is 1.73 bits per heavy atom. The van der Waals surface area contributed by atoms with Gasteiger partial charge in [-0.15, -0.1) is 0 Å². The molecule has 0 bridgehead atoms. The van der Waals surface area contributed by atoms with Gasteiger partial charge in [-0.3, -0.25) is 9.59 Å². The quantitative estimate of drug-likeness (QED) is 0.842. The minimum atomic E-state index is -0.477. The van der Waals surface area contributed by atoms with E-state index >= 15 is 0 Å². The Labute approximate surface area is 128 Å². The molecule has 1 aliphatic carbocycles. The highest BCUT2D eigenvalue weighted by atomic mass is 19.1. The number of carbonyl (C=O) groups is 2. The normalized spacial score (nSPS) is 18.2. The van der Waals surface area contributed by atoms with Crippen molar-refractivity contribution in [2.24, 2.45) is 5.92 Å². The molecule has 2 amide bonds. The standard InChI is InChI=1S/C16H19FN2O3/c17-13-3-1-2-4-14(13)22-11-15(20)18-7-9-19(10-8-18)16(21)12-5-6-12/h1-4,12H,5-11H2. The third-order valence-electron chi connectivity index (χ3n) is 4.06. The van der Waals surface area contributed by atoms with E-state index in [1.807, 2.05) is 4.90 Å². The first-order chi connectivity index (χ1) is 10.6. The Kier molecular flexibility index (Phi) is 4.27. The second-order valence-corrected chi connectivity index (χ2v) is 5.70. The predicted molar refractivity (Wildman–Crippen MR) is 77.8 cm³/mol. The number of carbonyl (C=O) groups excluding carboxylic acids is 2. The van der Waals surface area contributed by atoms with E-state index in [-0.39, 0.29) is 30.1 Å². The van der Waals surface area contributed by atoms with Gasteiger partial charge in [0.2, 0.25) is 5.91 Å². The molecule has 5 nitrogen and oxygen atoms in total. The van der Waals surface area contributed by atoms with Crippen LogP contribution < -0.4 is 4.74 Å². The second-order valence-electron chi connectivity index (χ2n) is 5.70. The number of nitrogens with zero attached hydrogens (tertiary/aromatic N) is 2. The number of rotatable bonds is 4. The molecule has 2 aliphatic rings. The van der Waals surface area contributed by atoms with E-state index in [1.165, 1.54) is 12.1 Å². The Hall–Kier alpha value is -2.11. The molecule has 0 aromatic heterocycles. The minimum absolute atomic E-state index is 0.0818. The molecule has 6 heteroatoms. The van der Waals surface area contributed by atoms with Gasteiger partial charge in [0.1, 0.15) is 0 Å². The fourth-order valence-electron chi connectivity index (χ4n) is 2.56. The lowest BCUT2D eigenvalue weighted by molar-refractivity contribution is -0.141. The van der Waals surface area contributed by atoms with Crippen LogP contribution in [-0.2, 0) is 9.59 Å². The molecule has 1 saturated heterocycles. The van der Waals surface area contributed by atoms with Crippen LogP contribution in [0.2, 0.25) is 0 Å². The highest BCUT2D eigenvalue weighted by Gasteiger charge is 2.35. The summed E-state index contributed by atoms with van der Waals surface area (Å²) in [5.74, 6) is -0.142. The maximum atomic E-state index is 13.4. The number of piperazine rings is 1. The molecule has 0 N–H and O–H groups in total. The molecule has 1 saturated carbocycles. The maximum absolute atomic E-state index is 13.4. The summed E-state index contributed by atoms with van der Waals surface area (Å²) in [7, 11) is 0. The highest BCUT2D eigenvalue weighted by molar-refractivity contribution is 5.82. The zero-order valence-corrected chi connectivity index (χ0v) is 12.3. The van der Waals surface area contributed by atoms with Crippen molar-refractivity contribution in [3.63, 3.8) is 0 Å². The van der Waals surface area contributed by atoms with Crippen LogP contribution in [0.25, 0.3) is 0 Å². The van der Waals surface area contributed by atoms with E-state index in [0.717, 1.165) is 12.8 Å². The maximum Gasteiger partial charge on any atom is 0.260 e. The number of amides is 2. The smallest absolute Gasteiger partial charge is 0.260 e. The Bertz CT molecular complexity index is 566. The van der Waals surface area contributed by atoms with Crippen molar-refractivity contribution in [2.45, 2.75) is 12.8 Å². The van der Waals surface area contributed by atoms with Gasteiger partial charge in [-0.2, -0.15) is 0 Å². The minimum Gasteiger partial charge on any atom is -0.481 e. The molecule has 3 rings (SSSR count). The Balaban J connectivity index is 1.45. The number of hydrogen-bond acceptors (Lipinski definition) is 3. The van der Waals surface area contributed by atoms with Crippen molar-refractivity contribution < 1.29 is 18.7 Å². The zero-order chi connectivity index (χ0) is 15.5. The second kappa shape index (κ2) is 6.34. The molecular weight excluding hydrogens is 287 g/mol. The average Bonchev–Trinajstić information content (AvgIpc) is 3.38. The Morgan fingerprint density at radius 3 is 2.36 bits per heavy atom. The van der Waals surface area contributed by atoms with Gasteiger partial charge in [0.25, 0.3) is 5.91 Å². The first-order valence-corrected chi connectivity index (χ1v) is 7.59. The van der Waals surface area contributed by atoms with E-state index < -0.39 is 5.82 Å². The third kappa shape index (κ3) is 3.37. The fourth-order valence-corrected chi connectivity index (χ4v) is 2.56. The van der Waals surface area contributed by atoms with Crippen molar-refractivity contribution in [2.75, 3.05) is 32.8 Å². The summed E-state index contributed by atoms with van der Waals surface area (Å²) >= 11 is 0. The molecule has 22 heavy (non-hydrogen) atoms. The molecular formula is C16H19FN2O3. The van der Waals surface area contributed by atoms with Crippen LogP contribution in [0, 0.1) is 11.7 Å². The van der Waals surface area contributed by atoms with Crippen molar-refractivity contribution >= 4 is 11.8 Å². The summed E-state index contributed by atoms with van der Waals surface area (Å²) in [6.45, 7) is 1.98. The Morgan fingerprint density at radius 1 is 1.09 bits per heavy atom. The van der Waals surface area contributed by atoms with E-state index in [9.17, 15) is 14.0 Å². The van der Waals surface area contributed by atoms with Gasteiger partial charge in [0.05, 0.1) is 0 Å². The molecule has 118 valence electrons. The number of halogens is 1. The number of ether oxygens (including phenoxy) is 1. The van der Waals surface area contributed by atoms with E-state index in [4.69, 9.17) is 4.74 Å². The first-order valence-electron chi connectivity index (χ1n) is 7.59. The van der Waals surface area contributed by atoms with Crippen LogP contribution in [0.15, 0.2) is 24.3 Å². The molecule has 0 unspecified atom stereocenters. The number of para-hydroxylation sites is 1. The molecule has 1 aromatic rings. The summed E-state index contributed by atoms with van der Waals surface area (Å²) in [5.41, 5.74) is 0. The highest BCUT2D eigenvalue weighted by Crippen LogP contribution is 2.31. The molecule has 0 radical (unpaired) electrons. The van der Waals surface area contributed by atoms with Crippen LogP contribution in [0.4, 0.5) is 4.39 Å². The van der Waals surface area contributed by atoms with Gasteiger partial charge >= 0.3 is 0 Å². The van der Waals surface area contributed by atoms with Crippen LogP contribution in [0.5, 0.6) is 5.75 Å². The molecule has 1 aliphatic heterocycles. The largest absolute Gasteiger partial charge is 0.481 e. The fraction of sp³-hybridized carbons (Fsp3) is 0.500. The van der Waals surface area contributed by atoms with Crippen LogP contribution in [0.3, 0.4) is 0 Å². The number of hydrogen-bond donors (Lipinski definition) is 0. The SMILES string of the molecule is O=C(COc1ccccc1F)N1CCN(C(=O)C2CC2)CC1. The first kappa shape index (κ1) is 14.8. The van der Waals surface area contributed by atoms with Crippen molar-refractivity contribution in [3.8, 4) is 5.75 Å². The van der Waals surface area contributed by atoms with Gasteiger partial charge in [0, 0.05) is 32.1 Å². The van der Waals surface area contributed by atoms with Crippen molar-refractivity contribution in [1.29, 1.82) is 0 Å². The van der Waals surface area contributed by atoms with Gasteiger partial charge in [-0.05, 0) is 25.0 Å². The topological polar surface area (TPSA) is 49.9 Å². The summed E-state index contributed by atoms with van der Waals surface area (Å²) in [6.07, 6.45) is 1.99. The molecule has 1 aromatic carbocycles. The van der Waals surface area contributed by atoms with Crippen molar-refractivity contribution in [3.05, 3.63) is 30.1 Å². The molecule has 2 fully saturated rings. The lowest BCUT2D eigenvalue weighted by atomic mass is 10.2. The van der Waals surface area contributed by atoms with E-state index in [1.54, 1.807) is 17.0 Å². The van der Waals surface area contributed by atoms with Crippen LogP contribution in [0.1, 0.15) is 12.8 Å². The van der Waals surface area contributed by atoms with Gasteiger partial charge < -0.3 is 14.5 Å². The van der Waals surface area contributed by atoms with Crippen LogP contribution >= 0.6 is 0 Å². The third-order valence-corrected chi connectivity index (χ3v) is 4.06. The number of benzene rings is 1. The molecule has 0 spiro atoms. The lowest BCUT2D eigenvalue weighted by Crippen LogP contribution is -2.52. The van der Waals surface area contributed by atoms with Gasteiger partial charge in [0.15, 0.2) is 18.2 Å². The van der Waals surface area contributed by atoms with E-state index in [2.05, 4.69) is 0 Å². The van der Waals surface area contributed by atoms with Gasteiger partial charge in [-0.25, -0.2) is 4.39 Å².